The first-order valence-electron chi connectivity index (χ1n) is 9.50. The third-order valence-electron chi connectivity index (χ3n) is 4.92. The van der Waals surface area contributed by atoms with Crippen LogP contribution in [0.4, 0.5) is 0 Å². The van der Waals surface area contributed by atoms with E-state index in [0.29, 0.717) is 0 Å². The number of hydrogen-bond acceptors (Lipinski definition) is 5. The van der Waals surface area contributed by atoms with E-state index in [1.165, 1.54) is 32.4 Å². The lowest BCUT2D eigenvalue weighted by molar-refractivity contribution is 0.183. The van der Waals surface area contributed by atoms with E-state index >= 15 is 0 Å². The topological polar surface area (TPSA) is 30.9 Å². The molecule has 1 saturated heterocycles. The number of methoxy groups -OCH3 is 1. The lowest BCUT2D eigenvalue weighted by atomic mass is 10.1. The van der Waals surface area contributed by atoms with Crippen LogP contribution in [0.3, 0.4) is 0 Å². The van der Waals surface area contributed by atoms with Crippen molar-refractivity contribution in [3.8, 4) is 23.0 Å². The van der Waals surface area contributed by atoms with Gasteiger partial charge in [-0.3, -0.25) is 4.90 Å². The molecular formula is C22H25NO3S. The molecule has 1 fully saturated rings. The van der Waals surface area contributed by atoms with Gasteiger partial charge in [-0.25, -0.2) is 0 Å². The van der Waals surface area contributed by atoms with Crippen molar-refractivity contribution in [2.45, 2.75) is 19.3 Å². The fraction of sp³-hybridized carbons (Fsp3) is 0.364. The first kappa shape index (κ1) is 18.1. The van der Waals surface area contributed by atoms with Crippen LogP contribution in [0.2, 0.25) is 0 Å². The highest BCUT2D eigenvalue weighted by Gasteiger charge is 2.10. The van der Waals surface area contributed by atoms with E-state index < -0.39 is 0 Å². The molecule has 0 unspecified atom stereocenters. The van der Waals surface area contributed by atoms with E-state index in [0.717, 1.165) is 46.2 Å². The van der Waals surface area contributed by atoms with Crippen molar-refractivity contribution in [1.82, 2.24) is 4.90 Å². The van der Waals surface area contributed by atoms with Crippen molar-refractivity contribution in [2.24, 2.45) is 0 Å². The summed E-state index contributed by atoms with van der Waals surface area (Å²) in [5.41, 5.74) is 0. The van der Waals surface area contributed by atoms with Gasteiger partial charge in [-0.2, -0.15) is 0 Å². The molecule has 3 aromatic rings. The quantitative estimate of drug-likeness (QED) is 0.534. The van der Waals surface area contributed by atoms with Gasteiger partial charge in [0, 0.05) is 22.0 Å². The van der Waals surface area contributed by atoms with Crippen LogP contribution < -0.4 is 14.2 Å². The molecule has 0 amide bonds. The number of likely N-dealkylation sites (tertiary alicyclic amines) is 1. The maximum Gasteiger partial charge on any atom is 0.145 e. The standard InChI is InChI=1S/C22H25NO3S/c1-24-19-9-10-20-21(16-27-22(20)15-19)26-18-7-5-17(6-8-18)25-14-13-23-11-3-2-4-12-23/h5-10,15-16H,2-4,11-14H2,1H3. The normalized spacial score (nSPS) is 15.0. The van der Waals surface area contributed by atoms with Gasteiger partial charge < -0.3 is 14.2 Å². The van der Waals surface area contributed by atoms with E-state index in [1.807, 2.05) is 47.8 Å². The molecule has 0 radical (unpaired) electrons. The molecule has 0 aliphatic carbocycles. The predicted octanol–water partition coefficient (Wildman–Crippen LogP) is 5.57. The van der Waals surface area contributed by atoms with Crippen LogP contribution in [0, 0.1) is 0 Å². The Hall–Kier alpha value is -2.24. The summed E-state index contributed by atoms with van der Waals surface area (Å²) in [6.45, 7) is 4.15. The van der Waals surface area contributed by atoms with Gasteiger partial charge >= 0.3 is 0 Å². The molecule has 0 spiro atoms. The number of benzene rings is 2. The number of thiophene rings is 1. The molecule has 1 aliphatic rings. The van der Waals surface area contributed by atoms with E-state index in [9.17, 15) is 0 Å². The molecule has 2 aromatic carbocycles. The Morgan fingerprint density at radius 1 is 0.926 bits per heavy atom. The first-order valence-corrected chi connectivity index (χ1v) is 10.4. The Morgan fingerprint density at radius 3 is 2.44 bits per heavy atom. The minimum Gasteiger partial charge on any atom is -0.497 e. The zero-order valence-electron chi connectivity index (χ0n) is 15.6. The Balaban J connectivity index is 1.33. The van der Waals surface area contributed by atoms with Crippen LogP contribution in [0.25, 0.3) is 10.1 Å². The largest absolute Gasteiger partial charge is 0.497 e. The molecule has 4 nitrogen and oxygen atoms in total. The fourth-order valence-electron chi connectivity index (χ4n) is 3.40. The molecular weight excluding hydrogens is 358 g/mol. The summed E-state index contributed by atoms with van der Waals surface area (Å²) in [5, 5.41) is 3.13. The average Bonchev–Trinajstić information content (AvgIpc) is 3.12. The molecule has 0 saturated carbocycles. The van der Waals surface area contributed by atoms with Crippen LogP contribution in [0.15, 0.2) is 47.8 Å². The Morgan fingerprint density at radius 2 is 1.67 bits per heavy atom. The van der Waals surface area contributed by atoms with Gasteiger partial charge in [-0.05, 0) is 68.4 Å². The van der Waals surface area contributed by atoms with E-state index in [4.69, 9.17) is 14.2 Å². The third kappa shape index (κ3) is 4.54. The molecule has 142 valence electrons. The average molecular weight is 384 g/mol. The number of fused-ring (bicyclic) bond motifs is 1. The molecule has 1 aliphatic heterocycles. The second kappa shape index (κ2) is 8.63. The van der Waals surface area contributed by atoms with Gasteiger partial charge in [0.15, 0.2) is 0 Å². The van der Waals surface area contributed by atoms with Crippen LogP contribution in [0.1, 0.15) is 19.3 Å². The second-order valence-electron chi connectivity index (χ2n) is 6.79. The lowest BCUT2D eigenvalue weighted by Gasteiger charge is -2.26. The van der Waals surface area contributed by atoms with Gasteiger partial charge in [-0.15, -0.1) is 11.3 Å². The van der Waals surface area contributed by atoms with Gasteiger partial charge in [-0.1, -0.05) is 6.42 Å². The summed E-state index contributed by atoms with van der Waals surface area (Å²) in [5.74, 6) is 3.44. The Labute approximate surface area is 164 Å². The lowest BCUT2D eigenvalue weighted by Crippen LogP contribution is -2.33. The molecule has 0 atom stereocenters. The van der Waals surface area contributed by atoms with Gasteiger partial charge in [0.1, 0.15) is 29.6 Å². The van der Waals surface area contributed by atoms with Crippen molar-refractivity contribution < 1.29 is 14.2 Å². The molecule has 0 N–H and O–H groups in total. The molecule has 27 heavy (non-hydrogen) atoms. The number of piperidine rings is 1. The van der Waals surface area contributed by atoms with Crippen molar-refractivity contribution in [3.05, 3.63) is 47.8 Å². The smallest absolute Gasteiger partial charge is 0.145 e. The van der Waals surface area contributed by atoms with Gasteiger partial charge in [0.2, 0.25) is 0 Å². The summed E-state index contributed by atoms with van der Waals surface area (Å²) in [6, 6.07) is 13.9. The molecule has 0 bridgehead atoms. The van der Waals surface area contributed by atoms with E-state index in [-0.39, 0.29) is 0 Å². The number of nitrogens with zero attached hydrogens (tertiary/aromatic N) is 1. The summed E-state index contributed by atoms with van der Waals surface area (Å²) in [7, 11) is 1.68. The van der Waals surface area contributed by atoms with Crippen molar-refractivity contribution >= 4 is 21.4 Å². The monoisotopic (exact) mass is 383 g/mol. The van der Waals surface area contributed by atoms with Crippen LogP contribution in [0.5, 0.6) is 23.0 Å². The van der Waals surface area contributed by atoms with Crippen LogP contribution in [-0.2, 0) is 0 Å². The summed E-state index contributed by atoms with van der Waals surface area (Å²) in [6.07, 6.45) is 4.00. The minimum atomic E-state index is 0.733. The zero-order chi connectivity index (χ0) is 18.5. The highest BCUT2D eigenvalue weighted by molar-refractivity contribution is 7.17. The fourth-order valence-corrected chi connectivity index (χ4v) is 4.29. The number of ether oxygens (including phenoxy) is 3. The minimum absolute atomic E-state index is 0.733. The molecule has 2 heterocycles. The summed E-state index contributed by atoms with van der Waals surface area (Å²) >= 11 is 1.66. The van der Waals surface area contributed by atoms with Crippen molar-refractivity contribution in [2.75, 3.05) is 33.4 Å². The number of rotatable bonds is 7. The molecule has 1 aromatic heterocycles. The summed E-state index contributed by atoms with van der Waals surface area (Å²) < 4.78 is 18.4. The summed E-state index contributed by atoms with van der Waals surface area (Å²) in [4.78, 5) is 2.48. The Bertz CT molecular complexity index is 869. The SMILES string of the molecule is COc1ccc2c(Oc3ccc(OCCN4CCCCC4)cc3)csc2c1. The zero-order valence-corrected chi connectivity index (χ0v) is 16.5. The van der Waals surface area contributed by atoms with Crippen molar-refractivity contribution in [3.63, 3.8) is 0 Å². The van der Waals surface area contributed by atoms with E-state index in [2.05, 4.69) is 4.90 Å². The first-order chi connectivity index (χ1) is 13.3. The van der Waals surface area contributed by atoms with Gasteiger partial charge in [0.05, 0.1) is 7.11 Å². The highest BCUT2D eigenvalue weighted by atomic mass is 32.1. The molecule has 5 heteroatoms. The third-order valence-corrected chi connectivity index (χ3v) is 5.85. The van der Waals surface area contributed by atoms with Gasteiger partial charge in [0.25, 0.3) is 0 Å². The van der Waals surface area contributed by atoms with E-state index in [1.54, 1.807) is 18.4 Å². The van der Waals surface area contributed by atoms with Crippen LogP contribution in [-0.4, -0.2) is 38.3 Å². The highest BCUT2D eigenvalue weighted by Crippen LogP contribution is 2.37. The number of hydrogen-bond donors (Lipinski definition) is 0. The Kier molecular flexibility index (Phi) is 5.80. The van der Waals surface area contributed by atoms with Crippen LogP contribution >= 0.6 is 11.3 Å². The predicted molar refractivity (Wildman–Crippen MR) is 111 cm³/mol. The second-order valence-corrected chi connectivity index (χ2v) is 7.70. The van der Waals surface area contributed by atoms with Crippen molar-refractivity contribution in [1.29, 1.82) is 0 Å². The maximum absolute atomic E-state index is 6.07. The maximum atomic E-state index is 6.07. The molecule has 4 rings (SSSR count).